The molecule has 4 aromatic rings. The molecular formula is C34H33BrFN3O6S. The standard InChI is InChI=1S/C34H33BrFN3O6S/c35-27-13-9-25(10-14-27)31-34(19-22-46(42,43)30-5-2-1-3-6-30,33(41)39-37-23-24-7-15-28(36)16-8-24)38-32(45-31)26-11-17-29(18-12-26)44-21-4-20-40/h1-3,5-18,31,37,40H,4,19-23H2,(H,39,41)/t31-,34-/m0/s1. The number of nitrogens with zero attached hydrogens (tertiary/aromatic N) is 1. The molecule has 5 rings (SSSR count). The van der Waals surface area contributed by atoms with E-state index in [0.717, 1.165) is 10.0 Å². The SMILES string of the molecule is O=C(NNCc1ccc(F)cc1)[C@@]1(CCS(=O)(=O)c2ccccc2)N=C(c2ccc(OCCCO)cc2)O[C@H]1c1ccc(Br)cc1. The van der Waals surface area contributed by atoms with Crippen LogP contribution in [0.15, 0.2) is 117 Å². The second-order valence-corrected chi connectivity index (χ2v) is 13.7. The predicted molar refractivity (Wildman–Crippen MR) is 175 cm³/mol. The fourth-order valence-corrected chi connectivity index (χ4v) is 6.63. The van der Waals surface area contributed by atoms with Crippen LogP contribution < -0.4 is 15.6 Å². The Morgan fingerprint density at radius 1 is 0.978 bits per heavy atom. The molecule has 1 aliphatic heterocycles. The zero-order valence-electron chi connectivity index (χ0n) is 24.7. The fraction of sp³-hybridized carbons (Fsp3) is 0.235. The van der Waals surface area contributed by atoms with Gasteiger partial charge < -0.3 is 14.6 Å². The van der Waals surface area contributed by atoms with Crippen LogP contribution in [0.5, 0.6) is 5.75 Å². The summed E-state index contributed by atoms with van der Waals surface area (Å²) in [6, 6.07) is 28.0. The number of nitrogens with one attached hydrogen (secondary N) is 2. The normalized spacial score (nSPS) is 17.6. The van der Waals surface area contributed by atoms with Gasteiger partial charge in [0.2, 0.25) is 5.90 Å². The molecule has 0 bridgehead atoms. The number of hydrogen-bond donors (Lipinski definition) is 3. The molecule has 9 nitrogen and oxygen atoms in total. The topological polar surface area (TPSA) is 126 Å². The van der Waals surface area contributed by atoms with Crippen molar-refractivity contribution >= 4 is 37.6 Å². The maximum atomic E-state index is 14.2. The summed E-state index contributed by atoms with van der Waals surface area (Å²) in [7, 11) is -3.80. The van der Waals surface area contributed by atoms with E-state index in [9.17, 15) is 17.6 Å². The minimum Gasteiger partial charge on any atom is -0.494 e. The number of carbonyl (C=O) groups is 1. The fourth-order valence-electron chi connectivity index (χ4n) is 4.98. The van der Waals surface area contributed by atoms with Gasteiger partial charge in [-0.05, 0) is 71.8 Å². The van der Waals surface area contributed by atoms with Gasteiger partial charge in [0, 0.05) is 36.0 Å². The average molecular weight is 711 g/mol. The maximum absolute atomic E-state index is 14.2. The van der Waals surface area contributed by atoms with Crippen molar-refractivity contribution in [2.75, 3.05) is 19.0 Å². The molecule has 0 aromatic heterocycles. The van der Waals surface area contributed by atoms with Crippen molar-refractivity contribution in [3.8, 4) is 5.75 Å². The van der Waals surface area contributed by atoms with E-state index in [2.05, 4.69) is 26.8 Å². The molecule has 2 atom stereocenters. The Labute approximate surface area is 275 Å². The highest BCUT2D eigenvalue weighted by molar-refractivity contribution is 9.10. The lowest BCUT2D eigenvalue weighted by Crippen LogP contribution is -2.53. The number of ether oxygens (including phenoxy) is 2. The molecule has 0 radical (unpaired) electrons. The van der Waals surface area contributed by atoms with E-state index in [1.807, 2.05) is 12.1 Å². The van der Waals surface area contributed by atoms with Gasteiger partial charge in [-0.2, -0.15) is 0 Å². The van der Waals surface area contributed by atoms with E-state index >= 15 is 0 Å². The van der Waals surface area contributed by atoms with Crippen LogP contribution in [0.1, 0.15) is 35.6 Å². The number of rotatable bonds is 14. The molecule has 0 unspecified atom stereocenters. The van der Waals surface area contributed by atoms with E-state index in [-0.39, 0.29) is 41.9 Å². The molecule has 4 aromatic carbocycles. The summed E-state index contributed by atoms with van der Waals surface area (Å²) in [6.07, 6.45) is -0.680. The van der Waals surface area contributed by atoms with Crippen LogP contribution in [0, 0.1) is 5.82 Å². The van der Waals surface area contributed by atoms with E-state index in [1.165, 1.54) is 24.3 Å². The number of carbonyl (C=O) groups excluding carboxylic acids is 1. The third-order valence-electron chi connectivity index (χ3n) is 7.46. The van der Waals surface area contributed by atoms with Crippen molar-refractivity contribution in [1.82, 2.24) is 10.9 Å². The summed E-state index contributed by atoms with van der Waals surface area (Å²) < 4.78 is 53.2. The van der Waals surface area contributed by atoms with Gasteiger partial charge >= 0.3 is 0 Å². The smallest absolute Gasteiger partial charge is 0.266 e. The molecule has 0 fully saturated rings. The van der Waals surface area contributed by atoms with Crippen LogP contribution in [0.3, 0.4) is 0 Å². The number of benzene rings is 4. The lowest BCUT2D eigenvalue weighted by molar-refractivity contribution is -0.130. The average Bonchev–Trinajstić information content (AvgIpc) is 3.47. The number of aliphatic hydroxyl groups excluding tert-OH is 1. The van der Waals surface area contributed by atoms with Crippen molar-refractivity contribution < 1.29 is 32.2 Å². The second-order valence-electron chi connectivity index (χ2n) is 10.7. The van der Waals surface area contributed by atoms with Crippen LogP contribution >= 0.6 is 15.9 Å². The van der Waals surface area contributed by atoms with Gasteiger partial charge in [-0.25, -0.2) is 23.2 Å². The molecule has 3 N–H and O–H groups in total. The molecule has 1 heterocycles. The molecule has 240 valence electrons. The summed E-state index contributed by atoms with van der Waals surface area (Å²) in [5.74, 6) is -0.597. The largest absolute Gasteiger partial charge is 0.494 e. The quantitative estimate of drug-likeness (QED) is 0.120. The third kappa shape index (κ3) is 8.00. The van der Waals surface area contributed by atoms with Gasteiger partial charge in [0.1, 0.15) is 11.6 Å². The highest BCUT2D eigenvalue weighted by Crippen LogP contribution is 2.43. The number of amides is 1. The molecule has 0 saturated carbocycles. The van der Waals surface area contributed by atoms with Gasteiger partial charge in [0.15, 0.2) is 21.5 Å². The van der Waals surface area contributed by atoms with E-state index in [0.29, 0.717) is 29.9 Å². The number of sulfone groups is 1. The number of hydrazine groups is 1. The van der Waals surface area contributed by atoms with Gasteiger partial charge in [-0.1, -0.05) is 58.4 Å². The van der Waals surface area contributed by atoms with Crippen molar-refractivity contribution in [1.29, 1.82) is 0 Å². The third-order valence-corrected chi connectivity index (χ3v) is 9.73. The summed E-state index contributed by atoms with van der Waals surface area (Å²) in [5.41, 5.74) is 5.81. The van der Waals surface area contributed by atoms with E-state index in [4.69, 9.17) is 19.6 Å². The monoisotopic (exact) mass is 709 g/mol. The zero-order valence-corrected chi connectivity index (χ0v) is 27.1. The van der Waals surface area contributed by atoms with Gasteiger partial charge in [0.05, 0.1) is 17.3 Å². The molecule has 0 saturated heterocycles. The Hall–Kier alpha value is -4.10. The minimum atomic E-state index is -3.80. The molecule has 1 amide bonds. The van der Waals surface area contributed by atoms with Crippen LogP contribution in [-0.2, 0) is 25.9 Å². The van der Waals surface area contributed by atoms with Crippen LogP contribution in [0.4, 0.5) is 4.39 Å². The second kappa shape index (κ2) is 15.0. The first-order valence-electron chi connectivity index (χ1n) is 14.6. The first-order valence-corrected chi connectivity index (χ1v) is 17.1. The van der Waals surface area contributed by atoms with Crippen molar-refractivity contribution in [3.63, 3.8) is 0 Å². The number of aliphatic hydroxyl groups is 1. The molecule has 0 aliphatic carbocycles. The van der Waals surface area contributed by atoms with E-state index in [1.54, 1.807) is 66.7 Å². The van der Waals surface area contributed by atoms with Crippen LogP contribution in [0.2, 0.25) is 0 Å². The summed E-state index contributed by atoms with van der Waals surface area (Å²) in [6.45, 7) is 0.550. The Balaban J connectivity index is 1.50. The Bertz CT molecular complexity index is 1760. The molecule has 0 spiro atoms. The highest BCUT2D eigenvalue weighted by atomic mass is 79.9. The minimum absolute atomic E-state index is 0.0169. The van der Waals surface area contributed by atoms with Gasteiger partial charge in [-0.15, -0.1) is 0 Å². The number of halogens is 2. The predicted octanol–water partition coefficient (Wildman–Crippen LogP) is 5.29. The Morgan fingerprint density at radius 3 is 2.35 bits per heavy atom. The van der Waals surface area contributed by atoms with Crippen LogP contribution in [0.25, 0.3) is 0 Å². The maximum Gasteiger partial charge on any atom is 0.266 e. The first kappa shape index (κ1) is 33.3. The molecule has 12 heteroatoms. The Kier molecular flexibility index (Phi) is 10.8. The molecular weight excluding hydrogens is 677 g/mol. The lowest BCUT2D eigenvalue weighted by atomic mass is 9.85. The van der Waals surface area contributed by atoms with Crippen molar-refractivity contribution in [3.05, 3.63) is 130 Å². The zero-order chi connectivity index (χ0) is 32.6. The molecule has 46 heavy (non-hydrogen) atoms. The van der Waals surface area contributed by atoms with E-state index < -0.39 is 27.4 Å². The summed E-state index contributed by atoms with van der Waals surface area (Å²) >= 11 is 3.45. The number of hydrogen-bond acceptors (Lipinski definition) is 8. The summed E-state index contributed by atoms with van der Waals surface area (Å²) in [5, 5.41) is 9.04. The first-order chi connectivity index (χ1) is 22.2. The van der Waals surface area contributed by atoms with Crippen molar-refractivity contribution in [2.45, 2.75) is 35.9 Å². The van der Waals surface area contributed by atoms with Gasteiger partial charge in [0.25, 0.3) is 5.91 Å². The van der Waals surface area contributed by atoms with Gasteiger partial charge in [-0.3, -0.25) is 10.2 Å². The lowest BCUT2D eigenvalue weighted by Gasteiger charge is -2.30. The van der Waals surface area contributed by atoms with Crippen molar-refractivity contribution in [2.24, 2.45) is 4.99 Å². The highest BCUT2D eigenvalue weighted by Gasteiger charge is 2.53. The van der Waals surface area contributed by atoms with Crippen LogP contribution in [-0.4, -0.2) is 49.8 Å². The number of aliphatic imine (C=N–C) groups is 1. The Morgan fingerprint density at radius 2 is 1.67 bits per heavy atom. The molecule has 1 aliphatic rings. The summed E-state index contributed by atoms with van der Waals surface area (Å²) in [4.78, 5) is 19.2.